The standard InChI is InChI=1S/C16H21F3N2O3/c1-21(11-14(22)20-9-3-4-15(23)24-2)10-12-5-7-13(8-6-12)16(17,18)19/h5-8H,3-4,9-11H2,1-2H3,(H,20,22). The smallest absolute Gasteiger partial charge is 0.416 e. The molecule has 1 aromatic carbocycles. The lowest BCUT2D eigenvalue weighted by atomic mass is 10.1. The lowest BCUT2D eigenvalue weighted by Gasteiger charge is -2.17. The highest BCUT2D eigenvalue weighted by Crippen LogP contribution is 2.29. The van der Waals surface area contributed by atoms with Crippen molar-refractivity contribution in [1.82, 2.24) is 10.2 Å². The number of hydrogen-bond acceptors (Lipinski definition) is 4. The van der Waals surface area contributed by atoms with Gasteiger partial charge in [-0.2, -0.15) is 13.2 Å². The first-order chi connectivity index (χ1) is 11.2. The number of rotatable bonds is 8. The molecular formula is C16H21F3N2O3. The third kappa shape index (κ3) is 7.45. The van der Waals surface area contributed by atoms with Gasteiger partial charge in [0.05, 0.1) is 19.2 Å². The Balaban J connectivity index is 2.33. The minimum Gasteiger partial charge on any atom is -0.469 e. The van der Waals surface area contributed by atoms with Gasteiger partial charge in [-0.25, -0.2) is 0 Å². The highest BCUT2D eigenvalue weighted by atomic mass is 19.4. The second-order valence-corrected chi connectivity index (χ2v) is 5.40. The van der Waals surface area contributed by atoms with Crippen molar-refractivity contribution >= 4 is 11.9 Å². The van der Waals surface area contributed by atoms with E-state index < -0.39 is 11.7 Å². The van der Waals surface area contributed by atoms with Crippen LogP contribution in [0, 0.1) is 0 Å². The second-order valence-electron chi connectivity index (χ2n) is 5.40. The molecule has 1 N–H and O–H groups in total. The Morgan fingerprint density at radius 3 is 2.38 bits per heavy atom. The Morgan fingerprint density at radius 1 is 1.21 bits per heavy atom. The van der Waals surface area contributed by atoms with Crippen LogP contribution in [0.1, 0.15) is 24.0 Å². The summed E-state index contributed by atoms with van der Waals surface area (Å²) >= 11 is 0. The van der Waals surface area contributed by atoms with Gasteiger partial charge in [0.15, 0.2) is 0 Å². The molecule has 0 atom stereocenters. The maximum atomic E-state index is 12.5. The molecule has 0 radical (unpaired) electrons. The lowest BCUT2D eigenvalue weighted by Crippen LogP contribution is -2.35. The van der Waals surface area contributed by atoms with Crippen LogP contribution in [-0.2, 0) is 27.0 Å². The van der Waals surface area contributed by atoms with Gasteiger partial charge in [-0.05, 0) is 31.2 Å². The van der Waals surface area contributed by atoms with Gasteiger partial charge >= 0.3 is 12.1 Å². The first-order valence-corrected chi connectivity index (χ1v) is 7.40. The van der Waals surface area contributed by atoms with Gasteiger partial charge in [0, 0.05) is 19.5 Å². The van der Waals surface area contributed by atoms with E-state index in [4.69, 9.17) is 0 Å². The maximum Gasteiger partial charge on any atom is 0.416 e. The van der Waals surface area contributed by atoms with E-state index in [1.165, 1.54) is 19.2 Å². The average molecular weight is 346 g/mol. The number of carbonyl (C=O) groups excluding carboxylic acids is 2. The minimum absolute atomic E-state index is 0.110. The maximum absolute atomic E-state index is 12.5. The molecule has 5 nitrogen and oxygen atoms in total. The van der Waals surface area contributed by atoms with E-state index >= 15 is 0 Å². The lowest BCUT2D eigenvalue weighted by molar-refractivity contribution is -0.141. The van der Waals surface area contributed by atoms with E-state index in [1.54, 1.807) is 11.9 Å². The van der Waals surface area contributed by atoms with Gasteiger partial charge in [0.1, 0.15) is 0 Å². The van der Waals surface area contributed by atoms with Crippen molar-refractivity contribution in [1.29, 1.82) is 0 Å². The topological polar surface area (TPSA) is 58.6 Å². The fourth-order valence-electron chi connectivity index (χ4n) is 2.03. The number of carbonyl (C=O) groups is 2. The van der Waals surface area contributed by atoms with Crippen LogP contribution in [0.2, 0.25) is 0 Å². The summed E-state index contributed by atoms with van der Waals surface area (Å²) in [7, 11) is 3.00. The van der Waals surface area contributed by atoms with Crippen LogP contribution >= 0.6 is 0 Å². The number of nitrogens with zero attached hydrogens (tertiary/aromatic N) is 1. The second kappa shape index (κ2) is 9.27. The number of nitrogens with one attached hydrogen (secondary N) is 1. The molecule has 8 heteroatoms. The number of halogens is 3. The van der Waals surface area contributed by atoms with Crippen molar-refractivity contribution in [2.24, 2.45) is 0 Å². The summed E-state index contributed by atoms with van der Waals surface area (Å²) in [5.41, 5.74) is -0.0127. The van der Waals surface area contributed by atoms with Gasteiger partial charge in [0.2, 0.25) is 5.91 Å². The molecule has 0 aromatic heterocycles. The van der Waals surface area contributed by atoms with Crippen LogP contribution in [0.15, 0.2) is 24.3 Å². The molecule has 24 heavy (non-hydrogen) atoms. The van der Waals surface area contributed by atoms with Crippen molar-refractivity contribution in [3.05, 3.63) is 35.4 Å². The Morgan fingerprint density at radius 2 is 1.83 bits per heavy atom. The van der Waals surface area contributed by atoms with Crippen LogP contribution in [0.5, 0.6) is 0 Å². The third-order valence-electron chi connectivity index (χ3n) is 3.25. The van der Waals surface area contributed by atoms with Crippen LogP contribution < -0.4 is 5.32 Å². The quantitative estimate of drug-likeness (QED) is 0.579. The Bertz CT molecular complexity index is 544. The van der Waals surface area contributed by atoms with Crippen LogP contribution in [0.3, 0.4) is 0 Å². The number of likely N-dealkylation sites (N-methyl/N-ethyl adjacent to an activating group) is 1. The van der Waals surface area contributed by atoms with E-state index in [9.17, 15) is 22.8 Å². The van der Waals surface area contributed by atoms with Crippen molar-refractivity contribution in [3.8, 4) is 0 Å². The van der Waals surface area contributed by atoms with Crippen LogP contribution in [0.4, 0.5) is 13.2 Å². The van der Waals surface area contributed by atoms with Gasteiger partial charge in [-0.1, -0.05) is 12.1 Å². The highest BCUT2D eigenvalue weighted by Gasteiger charge is 2.29. The largest absolute Gasteiger partial charge is 0.469 e. The molecule has 0 saturated carbocycles. The molecule has 0 aliphatic rings. The molecule has 134 valence electrons. The first kappa shape index (κ1) is 20.0. The van der Waals surface area contributed by atoms with Crippen molar-refractivity contribution < 1.29 is 27.5 Å². The first-order valence-electron chi connectivity index (χ1n) is 7.40. The summed E-state index contributed by atoms with van der Waals surface area (Å²) < 4.78 is 41.9. The number of alkyl halides is 3. The number of esters is 1. The van der Waals surface area contributed by atoms with Gasteiger partial charge in [-0.15, -0.1) is 0 Å². The zero-order valence-corrected chi connectivity index (χ0v) is 13.7. The molecule has 0 heterocycles. The molecule has 0 spiro atoms. The monoisotopic (exact) mass is 346 g/mol. The highest BCUT2D eigenvalue weighted by molar-refractivity contribution is 5.78. The molecule has 0 aliphatic carbocycles. The van der Waals surface area contributed by atoms with E-state index in [0.29, 0.717) is 25.1 Å². The third-order valence-corrected chi connectivity index (χ3v) is 3.25. The summed E-state index contributed by atoms with van der Waals surface area (Å²) in [4.78, 5) is 24.3. The van der Waals surface area contributed by atoms with E-state index in [1.807, 2.05) is 0 Å². The summed E-state index contributed by atoms with van der Waals surface area (Å²) in [6, 6.07) is 4.84. The molecule has 0 unspecified atom stereocenters. The predicted octanol–water partition coefficient (Wildman–Crippen LogP) is 2.21. The number of methoxy groups -OCH3 is 1. The zero-order valence-electron chi connectivity index (χ0n) is 13.7. The Kier molecular flexibility index (Phi) is 7.70. The van der Waals surface area contributed by atoms with Crippen LogP contribution in [-0.4, -0.2) is 44.0 Å². The van der Waals surface area contributed by atoms with E-state index in [-0.39, 0.29) is 24.8 Å². The molecule has 1 amide bonds. The summed E-state index contributed by atoms with van der Waals surface area (Å²) in [6.07, 6.45) is -3.63. The van der Waals surface area contributed by atoms with Gasteiger partial charge < -0.3 is 10.1 Å². The zero-order chi connectivity index (χ0) is 18.2. The summed E-state index contributed by atoms with van der Waals surface area (Å²) in [5.74, 6) is -0.544. The molecule has 0 bridgehead atoms. The molecule has 0 fully saturated rings. The Hall–Kier alpha value is -2.09. The SMILES string of the molecule is COC(=O)CCCNC(=O)CN(C)Cc1ccc(C(F)(F)F)cc1. The fourth-order valence-corrected chi connectivity index (χ4v) is 2.03. The number of benzene rings is 1. The van der Waals surface area contributed by atoms with E-state index in [2.05, 4.69) is 10.1 Å². The van der Waals surface area contributed by atoms with Gasteiger partial charge in [0.25, 0.3) is 0 Å². The molecular weight excluding hydrogens is 325 g/mol. The number of hydrogen-bond donors (Lipinski definition) is 1. The van der Waals surface area contributed by atoms with Crippen LogP contribution in [0.25, 0.3) is 0 Å². The fraction of sp³-hybridized carbons (Fsp3) is 0.500. The number of ether oxygens (including phenoxy) is 1. The van der Waals surface area contributed by atoms with Gasteiger partial charge in [-0.3, -0.25) is 14.5 Å². The molecule has 1 aromatic rings. The molecule has 1 rings (SSSR count). The minimum atomic E-state index is -4.35. The molecule has 0 aliphatic heterocycles. The van der Waals surface area contributed by atoms with Crippen molar-refractivity contribution in [2.45, 2.75) is 25.6 Å². The predicted molar refractivity (Wildman–Crippen MR) is 82.0 cm³/mol. The van der Waals surface area contributed by atoms with Crippen molar-refractivity contribution in [3.63, 3.8) is 0 Å². The Labute approximate surface area is 138 Å². The normalized spacial score (nSPS) is 11.4. The average Bonchev–Trinajstić information content (AvgIpc) is 2.50. The summed E-state index contributed by atoms with van der Waals surface area (Å²) in [5, 5.41) is 2.67. The number of amides is 1. The van der Waals surface area contributed by atoms with Crippen molar-refractivity contribution in [2.75, 3.05) is 27.2 Å². The van der Waals surface area contributed by atoms with E-state index in [0.717, 1.165) is 12.1 Å². The molecule has 0 saturated heterocycles. The summed E-state index contributed by atoms with van der Waals surface area (Å²) in [6.45, 7) is 0.828.